The van der Waals surface area contributed by atoms with Gasteiger partial charge in [-0.25, -0.2) is 4.57 Å². The van der Waals surface area contributed by atoms with Crippen molar-refractivity contribution in [1.82, 2.24) is 0 Å². The number of oxime groups is 1. The van der Waals surface area contributed by atoms with Gasteiger partial charge in [0.15, 0.2) is 5.84 Å². The van der Waals surface area contributed by atoms with Crippen molar-refractivity contribution in [2.45, 2.75) is 13.8 Å². The molecule has 0 aliphatic carbocycles. The fourth-order valence-corrected chi connectivity index (χ4v) is 1.63. The third kappa shape index (κ3) is 4.61. The van der Waals surface area contributed by atoms with Crippen molar-refractivity contribution < 1.29 is 29.1 Å². The Bertz CT molecular complexity index is 340. The average Bonchev–Trinajstić information content (AvgIpc) is 2.15. The summed E-state index contributed by atoms with van der Waals surface area (Å²) in [5, 5.41) is 19.5. The largest absolute Gasteiger partial charge is 0.409 e. The lowest BCUT2D eigenvalue weighted by molar-refractivity contribution is -0.146. The zero-order valence-electron chi connectivity index (χ0n) is 8.95. The number of aliphatic hydroxyl groups is 1. The summed E-state index contributed by atoms with van der Waals surface area (Å²) >= 11 is 0. The van der Waals surface area contributed by atoms with Crippen LogP contribution in [0.5, 0.6) is 0 Å². The molecule has 1 unspecified atom stereocenters. The molecule has 0 aliphatic heterocycles. The van der Waals surface area contributed by atoms with Crippen LogP contribution in [0.25, 0.3) is 0 Å². The molecular weight excluding hydrogens is 239 g/mol. The van der Waals surface area contributed by atoms with Gasteiger partial charge in [-0.2, -0.15) is 0 Å². The average molecular weight is 254 g/mol. The van der Waals surface area contributed by atoms with Gasteiger partial charge in [0.25, 0.3) is 0 Å². The van der Waals surface area contributed by atoms with Crippen molar-refractivity contribution in [3.8, 4) is 0 Å². The highest BCUT2D eigenvalue weighted by molar-refractivity contribution is 7.54. The molecule has 0 saturated carbocycles. The molecule has 0 heterocycles. The van der Waals surface area contributed by atoms with Gasteiger partial charge in [0.2, 0.25) is 0 Å². The van der Waals surface area contributed by atoms with Crippen LogP contribution in [0.4, 0.5) is 0 Å². The van der Waals surface area contributed by atoms with Crippen molar-refractivity contribution in [2.75, 3.05) is 12.8 Å². The number of nitrogens with zero attached hydrogens (tertiary/aromatic N) is 1. The van der Waals surface area contributed by atoms with Gasteiger partial charge in [-0.1, -0.05) is 5.16 Å². The maximum atomic E-state index is 11.3. The van der Waals surface area contributed by atoms with E-state index in [0.29, 0.717) is 0 Å². The summed E-state index contributed by atoms with van der Waals surface area (Å²) in [7, 11) is -4.31. The van der Waals surface area contributed by atoms with Gasteiger partial charge in [0, 0.05) is 0 Å². The Morgan fingerprint density at radius 3 is 2.44 bits per heavy atom. The van der Waals surface area contributed by atoms with Gasteiger partial charge >= 0.3 is 13.6 Å². The van der Waals surface area contributed by atoms with Gasteiger partial charge < -0.3 is 25.5 Å². The molecule has 8 nitrogen and oxygen atoms in total. The van der Waals surface area contributed by atoms with Crippen LogP contribution in [0, 0.1) is 5.41 Å². The number of rotatable bonds is 5. The summed E-state index contributed by atoms with van der Waals surface area (Å²) in [6, 6.07) is 0. The molecule has 0 rings (SSSR count). The maximum absolute atomic E-state index is 11.3. The van der Waals surface area contributed by atoms with Crippen LogP contribution < -0.4 is 5.73 Å². The monoisotopic (exact) mass is 254 g/mol. The fourth-order valence-electron chi connectivity index (χ4n) is 0.586. The van der Waals surface area contributed by atoms with Gasteiger partial charge in [0.05, 0.1) is 12.0 Å². The van der Waals surface area contributed by atoms with E-state index < -0.39 is 37.6 Å². The number of carbonyl (C=O) groups is 1. The van der Waals surface area contributed by atoms with Crippen LogP contribution in [-0.2, 0) is 13.9 Å². The lowest BCUT2D eigenvalue weighted by atomic mass is 9.96. The smallest absolute Gasteiger partial charge is 0.386 e. The summed E-state index contributed by atoms with van der Waals surface area (Å²) < 4.78 is 15.6. The highest BCUT2D eigenvalue weighted by Crippen LogP contribution is 2.43. The van der Waals surface area contributed by atoms with E-state index in [1.807, 2.05) is 0 Å². The summed E-state index contributed by atoms with van der Waals surface area (Å²) in [4.78, 5) is 20.5. The second-order valence-electron chi connectivity index (χ2n) is 3.81. The molecular formula is C7H15N2O6P. The molecule has 0 aliphatic rings. The minimum Gasteiger partial charge on any atom is -0.409 e. The standard InChI is InChI=1S/C7H15N2O6P/c1-7(2,4-10)6(11)15-16(13,14)3-5(8)9-12/h10,12H,3-4H2,1-2H3,(H2,8,9)(H,13,14). The molecule has 0 amide bonds. The highest BCUT2D eigenvalue weighted by Gasteiger charge is 2.35. The van der Waals surface area contributed by atoms with Crippen LogP contribution in [0.15, 0.2) is 5.16 Å². The first-order chi connectivity index (χ1) is 7.14. The van der Waals surface area contributed by atoms with Gasteiger partial charge in [-0.15, -0.1) is 0 Å². The van der Waals surface area contributed by atoms with E-state index >= 15 is 0 Å². The van der Waals surface area contributed by atoms with Gasteiger partial charge in [-0.05, 0) is 13.8 Å². The van der Waals surface area contributed by atoms with E-state index in [-0.39, 0.29) is 0 Å². The minimum absolute atomic E-state index is 0.527. The summed E-state index contributed by atoms with van der Waals surface area (Å²) in [6.07, 6.45) is -0.767. The maximum Gasteiger partial charge on any atom is 0.386 e. The quantitative estimate of drug-likeness (QED) is 0.170. The number of hydrogen-bond donors (Lipinski definition) is 4. The first-order valence-electron chi connectivity index (χ1n) is 4.28. The Labute approximate surface area is 92.2 Å². The van der Waals surface area contributed by atoms with Crippen LogP contribution in [0.2, 0.25) is 0 Å². The molecule has 0 aromatic carbocycles. The Hall–Kier alpha value is -1.11. The molecule has 16 heavy (non-hydrogen) atoms. The third-order valence-corrected chi connectivity index (χ3v) is 2.84. The molecule has 1 atom stereocenters. The van der Waals surface area contributed by atoms with Crippen LogP contribution >= 0.6 is 7.60 Å². The number of carbonyl (C=O) groups excluding carboxylic acids is 1. The van der Waals surface area contributed by atoms with Gasteiger partial charge in [0.1, 0.15) is 6.16 Å². The number of aliphatic hydroxyl groups excluding tert-OH is 1. The molecule has 0 bridgehead atoms. The van der Waals surface area contributed by atoms with E-state index in [2.05, 4.69) is 9.68 Å². The topological polar surface area (TPSA) is 142 Å². The second kappa shape index (κ2) is 5.29. The first kappa shape index (κ1) is 14.9. The summed E-state index contributed by atoms with van der Waals surface area (Å²) in [5.41, 5.74) is 3.72. The molecule has 0 aromatic rings. The Kier molecular flexibility index (Phi) is 4.92. The van der Waals surface area contributed by atoms with E-state index in [9.17, 15) is 14.3 Å². The number of amidine groups is 1. The van der Waals surface area contributed by atoms with Crippen molar-refractivity contribution in [2.24, 2.45) is 16.3 Å². The first-order valence-corrected chi connectivity index (χ1v) is 6.04. The molecule has 9 heteroatoms. The van der Waals surface area contributed by atoms with E-state index in [1.54, 1.807) is 0 Å². The molecule has 0 fully saturated rings. The lowest BCUT2D eigenvalue weighted by Crippen LogP contribution is -2.30. The zero-order valence-corrected chi connectivity index (χ0v) is 9.85. The highest BCUT2D eigenvalue weighted by atomic mass is 31.2. The van der Waals surface area contributed by atoms with Crippen molar-refractivity contribution >= 4 is 19.4 Å². The molecule has 5 N–H and O–H groups in total. The predicted molar refractivity (Wildman–Crippen MR) is 55.1 cm³/mol. The molecule has 0 aromatic heterocycles. The lowest BCUT2D eigenvalue weighted by Gasteiger charge is -2.21. The minimum atomic E-state index is -4.31. The Morgan fingerprint density at radius 2 is 2.06 bits per heavy atom. The van der Waals surface area contributed by atoms with Crippen LogP contribution in [-0.4, -0.2) is 39.8 Å². The summed E-state index contributed by atoms with van der Waals surface area (Å²) in [6.45, 7) is 2.16. The van der Waals surface area contributed by atoms with E-state index in [4.69, 9.17) is 16.0 Å². The van der Waals surface area contributed by atoms with Crippen LogP contribution in [0.1, 0.15) is 13.8 Å². The zero-order chi connectivity index (χ0) is 13.0. The van der Waals surface area contributed by atoms with Crippen LogP contribution in [0.3, 0.4) is 0 Å². The van der Waals surface area contributed by atoms with Crippen molar-refractivity contribution in [3.63, 3.8) is 0 Å². The van der Waals surface area contributed by atoms with Crippen molar-refractivity contribution in [1.29, 1.82) is 0 Å². The van der Waals surface area contributed by atoms with Crippen molar-refractivity contribution in [3.05, 3.63) is 0 Å². The summed E-state index contributed by atoms with van der Waals surface area (Å²) in [5.74, 6) is -1.56. The van der Waals surface area contributed by atoms with E-state index in [0.717, 1.165) is 0 Å². The molecule has 0 radical (unpaired) electrons. The SMILES string of the molecule is CC(C)(CO)C(=O)OP(=O)(O)CC(N)=NO. The van der Waals surface area contributed by atoms with E-state index in [1.165, 1.54) is 13.8 Å². The molecule has 94 valence electrons. The number of nitrogens with two attached hydrogens (primary N) is 1. The molecule has 0 spiro atoms. The Balaban J connectivity index is 4.61. The predicted octanol–water partition coefficient (Wildman–Crippen LogP) is -0.520. The van der Waals surface area contributed by atoms with Gasteiger partial charge in [-0.3, -0.25) is 4.79 Å². The third-order valence-electron chi connectivity index (χ3n) is 1.66. The normalized spacial score (nSPS) is 16.6. The second-order valence-corrected chi connectivity index (χ2v) is 5.58. The number of hydrogen-bond acceptors (Lipinski definition) is 6. The fraction of sp³-hybridized carbons (Fsp3) is 0.714. The molecule has 0 saturated heterocycles. The Morgan fingerprint density at radius 1 is 1.56 bits per heavy atom.